The molecule has 0 aliphatic carbocycles. The minimum absolute atomic E-state index is 0.132. The van der Waals surface area contributed by atoms with Gasteiger partial charge in [0.15, 0.2) is 17.3 Å². The van der Waals surface area contributed by atoms with Gasteiger partial charge in [-0.05, 0) is 59.0 Å². The normalized spacial score (nSPS) is 10.8. The fourth-order valence-electron chi connectivity index (χ4n) is 2.26. The summed E-state index contributed by atoms with van der Waals surface area (Å²) in [5, 5.41) is 10.1. The summed E-state index contributed by atoms with van der Waals surface area (Å²) in [5.74, 6) is 0.770. The van der Waals surface area contributed by atoms with Crippen molar-refractivity contribution in [3.05, 3.63) is 50.1 Å². The summed E-state index contributed by atoms with van der Waals surface area (Å²) in [6, 6.07) is 6.60. The molecule has 0 spiro atoms. The molecule has 0 saturated carbocycles. The molecule has 0 aliphatic rings. The van der Waals surface area contributed by atoms with Gasteiger partial charge in [-0.1, -0.05) is 11.6 Å². The van der Waals surface area contributed by atoms with E-state index in [0.29, 0.717) is 22.8 Å². The van der Waals surface area contributed by atoms with Crippen LogP contribution in [0, 0.1) is 3.57 Å². The third kappa shape index (κ3) is 4.19. The number of benzene rings is 2. The molecule has 2 rings (SSSR count). The minimum atomic E-state index is -0.380. The Morgan fingerprint density at radius 2 is 1.80 bits per heavy atom. The molecule has 1 N–H and O–H groups in total. The van der Waals surface area contributed by atoms with E-state index >= 15 is 0 Å². The van der Waals surface area contributed by atoms with Crippen LogP contribution in [0.15, 0.2) is 30.3 Å². The standard InChI is InChI=1S/C18H16ClIO5/c1-23-15-7-5-10(17(24-2)18(15)25-3)4-6-14(21)12-8-11(20)9-13(19)16(12)22/h4-9,22H,1-3H3/b6-4+. The largest absolute Gasteiger partial charge is 0.506 e. The second-order valence-corrected chi connectivity index (χ2v) is 6.56. The SMILES string of the molecule is COc1ccc(/C=C/C(=O)c2cc(I)cc(Cl)c2O)c(OC)c1OC. The van der Waals surface area contributed by atoms with Crippen molar-refractivity contribution in [3.63, 3.8) is 0 Å². The predicted molar refractivity (Wildman–Crippen MR) is 105 cm³/mol. The van der Waals surface area contributed by atoms with E-state index in [9.17, 15) is 9.90 Å². The first-order valence-corrected chi connectivity index (χ1v) is 8.58. The zero-order chi connectivity index (χ0) is 18.6. The van der Waals surface area contributed by atoms with Crippen molar-refractivity contribution in [2.75, 3.05) is 21.3 Å². The summed E-state index contributed by atoms with van der Waals surface area (Å²) in [6.07, 6.45) is 2.92. The number of phenolic OH excluding ortho intramolecular Hbond substituents is 1. The molecule has 0 aliphatic heterocycles. The highest BCUT2D eigenvalue weighted by Crippen LogP contribution is 2.40. The number of phenols is 1. The van der Waals surface area contributed by atoms with Crippen molar-refractivity contribution in [2.24, 2.45) is 0 Å². The molecule has 0 atom stereocenters. The third-order valence-electron chi connectivity index (χ3n) is 3.44. The Kier molecular flexibility index (Phi) is 6.55. The molecule has 2 aromatic carbocycles. The lowest BCUT2D eigenvalue weighted by atomic mass is 10.1. The Balaban J connectivity index is 2.41. The lowest BCUT2D eigenvalue weighted by molar-refractivity contribution is 0.104. The van der Waals surface area contributed by atoms with Gasteiger partial charge in [-0.2, -0.15) is 0 Å². The highest BCUT2D eigenvalue weighted by atomic mass is 127. The monoisotopic (exact) mass is 474 g/mol. The third-order valence-corrected chi connectivity index (χ3v) is 4.35. The van der Waals surface area contributed by atoms with Gasteiger partial charge in [-0.15, -0.1) is 0 Å². The van der Waals surface area contributed by atoms with Gasteiger partial charge in [0.2, 0.25) is 5.75 Å². The summed E-state index contributed by atoms with van der Waals surface area (Å²) in [5.41, 5.74) is 0.761. The molecule has 0 unspecified atom stereocenters. The van der Waals surface area contributed by atoms with E-state index in [1.54, 1.807) is 30.3 Å². The fourth-order valence-corrected chi connectivity index (χ4v) is 3.29. The van der Waals surface area contributed by atoms with E-state index in [0.717, 1.165) is 3.57 Å². The molecule has 132 valence electrons. The van der Waals surface area contributed by atoms with Crippen LogP contribution in [0.4, 0.5) is 0 Å². The van der Waals surface area contributed by atoms with Crippen molar-refractivity contribution in [1.29, 1.82) is 0 Å². The van der Waals surface area contributed by atoms with Gasteiger partial charge in [0.25, 0.3) is 0 Å². The Labute approximate surface area is 164 Å². The van der Waals surface area contributed by atoms with Crippen molar-refractivity contribution >= 4 is 46.1 Å². The second-order valence-electron chi connectivity index (χ2n) is 4.90. The van der Waals surface area contributed by atoms with Crippen molar-refractivity contribution < 1.29 is 24.1 Å². The molecule has 0 saturated heterocycles. The number of aromatic hydroxyl groups is 1. The van der Waals surface area contributed by atoms with Crippen LogP contribution < -0.4 is 14.2 Å². The zero-order valence-electron chi connectivity index (χ0n) is 13.8. The average Bonchev–Trinajstić information content (AvgIpc) is 2.61. The zero-order valence-corrected chi connectivity index (χ0v) is 16.7. The number of carbonyl (C=O) groups is 1. The number of hydrogen-bond acceptors (Lipinski definition) is 5. The molecule has 25 heavy (non-hydrogen) atoms. The molecular formula is C18H16ClIO5. The number of carbonyl (C=O) groups excluding carboxylic acids is 1. The number of ether oxygens (including phenoxy) is 3. The maximum atomic E-state index is 12.4. The minimum Gasteiger partial charge on any atom is -0.506 e. The van der Waals surface area contributed by atoms with Crippen LogP contribution in [0.1, 0.15) is 15.9 Å². The van der Waals surface area contributed by atoms with E-state index in [1.165, 1.54) is 27.4 Å². The molecule has 0 fully saturated rings. The van der Waals surface area contributed by atoms with Gasteiger partial charge in [0.05, 0.1) is 31.9 Å². The van der Waals surface area contributed by atoms with Crippen LogP contribution in [0.5, 0.6) is 23.0 Å². The lowest BCUT2D eigenvalue weighted by Gasteiger charge is -2.14. The Hall–Kier alpha value is -1.93. The van der Waals surface area contributed by atoms with E-state index in [2.05, 4.69) is 0 Å². The first-order chi connectivity index (χ1) is 11.9. The maximum Gasteiger partial charge on any atom is 0.203 e. The van der Waals surface area contributed by atoms with E-state index in [-0.39, 0.29) is 22.1 Å². The van der Waals surface area contributed by atoms with Gasteiger partial charge in [-0.3, -0.25) is 4.79 Å². The van der Waals surface area contributed by atoms with E-state index in [4.69, 9.17) is 25.8 Å². The van der Waals surface area contributed by atoms with Crippen molar-refractivity contribution in [1.82, 2.24) is 0 Å². The summed E-state index contributed by atoms with van der Waals surface area (Å²) in [6.45, 7) is 0. The van der Waals surface area contributed by atoms with E-state index in [1.807, 2.05) is 22.6 Å². The van der Waals surface area contributed by atoms with Crippen LogP contribution in [-0.4, -0.2) is 32.2 Å². The van der Waals surface area contributed by atoms with Gasteiger partial charge < -0.3 is 19.3 Å². The van der Waals surface area contributed by atoms with Crippen LogP contribution >= 0.6 is 34.2 Å². The molecule has 0 aromatic heterocycles. The first kappa shape index (κ1) is 19.4. The molecule has 2 aromatic rings. The van der Waals surface area contributed by atoms with Crippen LogP contribution in [0.25, 0.3) is 6.08 Å². The number of ketones is 1. The molecule has 0 bridgehead atoms. The Bertz CT molecular complexity index is 833. The summed E-state index contributed by atoms with van der Waals surface area (Å²) in [7, 11) is 4.53. The quantitative estimate of drug-likeness (QED) is 0.377. The fraction of sp³-hybridized carbons (Fsp3) is 0.167. The number of allylic oxidation sites excluding steroid dienone is 1. The highest BCUT2D eigenvalue weighted by molar-refractivity contribution is 14.1. The lowest BCUT2D eigenvalue weighted by Crippen LogP contribution is -1.98. The summed E-state index contributed by atoms with van der Waals surface area (Å²) in [4.78, 5) is 12.4. The summed E-state index contributed by atoms with van der Waals surface area (Å²) >= 11 is 7.95. The van der Waals surface area contributed by atoms with Crippen LogP contribution in [0.2, 0.25) is 5.02 Å². The number of halogens is 2. The number of hydrogen-bond donors (Lipinski definition) is 1. The molecule has 0 amide bonds. The predicted octanol–water partition coefficient (Wildman–Crippen LogP) is 4.57. The first-order valence-electron chi connectivity index (χ1n) is 7.12. The Morgan fingerprint density at radius 1 is 1.12 bits per heavy atom. The van der Waals surface area contributed by atoms with Gasteiger partial charge >= 0.3 is 0 Å². The van der Waals surface area contributed by atoms with Crippen molar-refractivity contribution in [3.8, 4) is 23.0 Å². The van der Waals surface area contributed by atoms with Gasteiger partial charge in [-0.25, -0.2) is 0 Å². The Morgan fingerprint density at radius 3 is 2.40 bits per heavy atom. The average molecular weight is 475 g/mol. The van der Waals surface area contributed by atoms with Crippen molar-refractivity contribution in [2.45, 2.75) is 0 Å². The van der Waals surface area contributed by atoms with Crippen LogP contribution in [-0.2, 0) is 0 Å². The topological polar surface area (TPSA) is 65.0 Å². The van der Waals surface area contributed by atoms with Crippen LogP contribution in [0.3, 0.4) is 0 Å². The molecule has 7 heteroatoms. The number of methoxy groups -OCH3 is 3. The highest BCUT2D eigenvalue weighted by Gasteiger charge is 2.16. The summed E-state index contributed by atoms with van der Waals surface area (Å²) < 4.78 is 16.7. The smallest absolute Gasteiger partial charge is 0.203 e. The molecule has 5 nitrogen and oxygen atoms in total. The van der Waals surface area contributed by atoms with Gasteiger partial charge in [0, 0.05) is 9.13 Å². The molecular weight excluding hydrogens is 459 g/mol. The number of rotatable bonds is 6. The molecule has 0 radical (unpaired) electrons. The second kappa shape index (κ2) is 8.44. The molecule has 0 heterocycles. The van der Waals surface area contributed by atoms with Gasteiger partial charge in [0.1, 0.15) is 5.75 Å². The maximum absolute atomic E-state index is 12.4. The van der Waals surface area contributed by atoms with E-state index < -0.39 is 0 Å².